The molecule has 0 saturated heterocycles. The average molecular weight is 301 g/mol. The number of nitro benzene ring substituents is 1. The topological polar surface area (TPSA) is 95.3 Å². The van der Waals surface area contributed by atoms with Crippen LogP contribution in [0.5, 0.6) is 0 Å². The number of benzene rings is 1. The number of carbonyl (C=O) groups excluding carboxylic acids is 1. The third kappa shape index (κ3) is 2.15. The Morgan fingerprint density at radius 1 is 1.45 bits per heavy atom. The van der Waals surface area contributed by atoms with Crippen LogP contribution in [0.25, 0.3) is 0 Å². The Morgan fingerprint density at radius 3 is 2.86 bits per heavy atom. The molecule has 1 aliphatic heterocycles. The normalized spacial score (nSPS) is 25.2. The Balaban J connectivity index is 2.20. The van der Waals surface area contributed by atoms with Crippen LogP contribution in [0.1, 0.15) is 48.0 Å². The van der Waals surface area contributed by atoms with E-state index in [-0.39, 0.29) is 29.1 Å². The molecule has 2 aliphatic rings. The highest BCUT2D eigenvalue weighted by molar-refractivity contribution is 5.95. The number of hydrogen-bond acceptors (Lipinski definition) is 5. The van der Waals surface area contributed by atoms with Crippen molar-refractivity contribution in [2.24, 2.45) is 5.92 Å². The third-order valence-electron chi connectivity index (χ3n) is 4.63. The first-order valence-corrected chi connectivity index (χ1v) is 7.50. The number of rotatable bonds is 4. The van der Waals surface area contributed by atoms with Gasteiger partial charge in [-0.1, -0.05) is 25.5 Å². The second-order valence-electron chi connectivity index (χ2n) is 5.86. The zero-order valence-corrected chi connectivity index (χ0v) is 12.2. The molecule has 1 aromatic rings. The molecule has 3 atom stereocenters. The van der Waals surface area contributed by atoms with Gasteiger partial charge in [-0.25, -0.2) is 0 Å². The molecule has 3 rings (SSSR count). The average Bonchev–Trinajstić information content (AvgIpc) is 2.95. The maximum Gasteiger partial charge on any atom is 0.275 e. The lowest BCUT2D eigenvalue weighted by molar-refractivity contribution is -0.385. The number of nitrogens with one attached hydrogen (secondary N) is 1. The first-order chi connectivity index (χ1) is 10.5. The minimum atomic E-state index is -1.31. The highest BCUT2D eigenvalue weighted by Gasteiger charge is 2.41. The Hall–Kier alpha value is -2.37. The van der Waals surface area contributed by atoms with Gasteiger partial charge in [0.15, 0.2) is 0 Å². The van der Waals surface area contributed by atoms with Gasteiger partial charge in [0.2, 0.25) is 0 Å². The molecule has 0 unspecified atom stereocenters. The number of allylic oxidation sites excluding steroid dienone is 2. The van der Waals surface area contributed by atoms with Crippen molar-refractivity contribution >= 4 is 17.3 Å². The highest BCUT2D eigenvalue weighted by atomic mass is 16.6. The molecule has 116 valence electrons. The maximum atomic E-state index is 11.4. The van der Waals surface area contributed by atoms with E-state index < -0.39 is 10.9 Å². The van der Waals surface area contributed by atoms with Crippen LogP contribution in [0.4, 0.5) is 11.4 Å². The molecule has 6 heteroatoms. The van der Waals surface area contributed by atoms with E-state index in [9.17, 15) is 20.0 Å². The summed E-state index contributed by atoms with van der Waals surface area (Å²) < 4.78 is 0. The predicted octanol–water partition coefficient (Wildman–Crippen LogP) is 2.21. The van der Waals surface area contributed by atoms with E-state index in [0.717, 1.165) is 19.3 Å². The first-order valence-electron chi connectivity index (χ1n) is 7.50. The fraction of sp³-hybridized carbons (Fsp3) is 0.438. The number of hydrogen-bond donors (Lipinski definition) is 1. The second-order valence-corrected chi connectivity index (χ2v) is 5.86. The van der Waals surface area contributed by atoms with Crippen LogP contribution < -0.4 is 10.4 Å². The van der Waals surface area contributed by atoms with E-state index in [1.807, 2.05) is 12.2 Å². The van der Waals surface area contributed by atoms with Crippen molar-refractivity contribution in [3.05, 3.63) is 45.5 Å². The molecule has 1 aliphatic carbocycles. The molecule has 1 aromatic carbocycles. The number of nitrogens with zero attached hydrogens (tertiary/aromatic N) is 1. The summed E-state index contributed by atoms with van der Waals surface area (Å²) in [5.74, 6) is -1.18. The van der Waals surface area contributed by atoms with E-state index >= 15 is 0 Å². The number of anilines is 1. The van der Waals surface area contributed by atoms with Crippen LogP contribution in [-0.4, -0.2) is 16.9 Å². The Bertz CT molecular complexity index is 668. The smallest absolute Gasteiger partial charge is 0.275 e. The van der Waals surface area contributed by atoms with Gasteiger partial charge in [-0.15, -0.1) is 0 Å². The van der Waals surface area contributed by atoms with Gasteiger partial charge in [0, 0.05) is 23.6 Å². The highest BCUT2D eigenvalue weighted by Crippen LogP contribution is 2.49. The van der Waals surface area contributed by atoms with Crippen molar-refractivity contribution < 1.29 is 14.8 Å². The van der Waals surface area contributed by atoms with E-state index in [0.29, 0.717) is 11.3 Å². The number of carboxylic acid groups (broad SMARTS) is 1. The summed E-state index contributed by atoms with van der Waals surface area (Å²) in [7, 11) is 0. The van der Waals surface area contributed by atoms with Gasteiger partial charge in [0.25, 0.3) is 5.69 Å². The van der Waals surface area contributed by atoms with Crippen LogP contribution >= 0.6 is 0 Å². The number of carbonyl (C=O) groups is 1. The summed E-state index contributed by atoms with van der Waals surface area (Å²) in [6.45, 7) is 2.07. The Morgan fingerprint density at radius 2 is 2.23 bits per heavy atom. The predicted molar refractivity (Wildman–Crippen MR) is 79.7 cm³/mol. The number of carboxylic acids is 1. The van der Waals surface area contributed by atoms with Crippen molar-refractivity contribution in [2.75, 3.05) is 5.32 Å². The van der Waals surface area contributed by atoms with E-state index in [2.05, 4.69) is 12.2 Å². The molecule has 0 fully saturated rings. The van der Waals surface area contributed by atoms with E-state index in [1.165, 1.54) is 12.1 Å². The zero-order chi connectivity index (χ0) is 15.9. The van der Waals surface area contributed by atoms with Crippen molar-refractivity contribution in [1.29, 1.82) is 0 Å². The van der Waals surface area contributed by atoms with Gasteiger partial charge in [0.1, 0.15) is 0 Å². The molecular weight excluding hydrogens is 284 g/mol. The lowest BCUT2D eigenvalue weighted by atomic mass is 9.76. The SMILES string of the molecule is CCC[C@H]1Nc2c(C(=O)[O-])ccc([N+](=O)[O-])c2[C@H]2C=CC[C@@H]21. The number of aromatic carboxylic acids is 1. The fourth-order valence-electron chi connectivity index (χ4n) is 3.72. The first kappa shape index (κ1) is 14.6. The van der Waals surface area contributed by atoms with Crippen molar-refractivity contribution in [2.45, 2.75) is 38.1 Å². The molecule has 0 saturated carbocycles. The Kier molecular flexibility index (Phi) is 3.60. The molecule has 0 bridgehead atoms. The summed E-state index contributed by atoms with van der Waals surface area (Å²) >= 11 is 0. The number of fused-ring (bicyclic) bond motifs is 3. The zero-order valence-electron chi connectivity index (χ0n) is 12.2. The van der Waals surface area contributed by atoms with Gasteiger partial charge >= 0.3 is 0 Å². The van der Waals surface area contributed by atoms with Crippen molar-refractivity contribution in [1.82, 2.24) is 0 Å². The van der Waals surface area contributed by atoms with E-state index in [1.54, 1.807) is 0 Å². The van der Waals surface area contributed by atoms with Crippen molar-refractivity contribution in [3.8, 4) is 0 Å². The maximum absolute atomic E-state index is 11.4. The standard InChI is InChI=1S/C16H18N2O4/c1-2-4-12-9-5-3-6-10(9)14-13(18(21)22)8-7-11(16(19)20)15(14)17-12/h3,6-10,12,17H,2,4-5H2,1H3,(H,19,20)/p-1/t9-,10-,12+/m0/s1. The Labute approximate surface area is 128 Å². The molecule has 6 nitrogen and oxygen atoms in total. The lowest BCUT2D eigenvalue weighted by Gasteiger charge is -2.38. The van der Waals surface area contributed by atoms with Gasteiger partial charge in [-0.05, 0) is 24.8 Å². The van der Waals surface area contributed by atoms with Gasteiger partial charge in [-0.2, -0.15) is 0 Å². The van der Waals surface area contributed by atoms with Crippen LogP contribution in [0, 0.1) is 16.0 Å². The summed E-state index contributed by atoms with van der Waals surface area (Å²) in [5, 5.41) is 26.0. The van der Waals surface area contributed by atoms with Gasteiger partial charge in [-0.3, -0.25) is 10.1 Å². The minimum Gasteiger partial charge on any atom is -0.545 e. The molecular formula is C16H17N2O4-. The molecule has 1 heterocycles. The van der Waals surface area contributed by atoms with Crippen LogP contribution in [-0.2, 0) is 0 Å². The monoisotopic (exact) mass is 301 g/mol. The minimum absolute atomic E-state index is 0.000420. The molecule has 0 radical (unpaired) electrons. The molecule has 0 amide bonds. The third-order valence-corrected chi connectivity index (χ3v) is 4.63. The van der Waals surface area contributed by atoms with Gasteiger partial charge < -0.3 is 15.2 Å². The lowest BCUT2D eigenvalue weighted by Crippen LogP contribution is -2.38. The quantitative estimate of drug-likeness (QED) is 0.522. The number of nitro groups is 1. The summed E-state index contributed by atoms with van der Waals surface area (Å²) in [6.07, 6.45) is 6.72. The fourth-order valence-corrected chi connectivity index (χ4v) is 3.72. The molecule has 1 N–H and O–H groups in total. The summed E-state index contributed by atoms with van der Waals surface area (Å²) in [4.78, 5) is 22.3. The molecule has 22 heavy (non-hydrogen) atoms. The molecule has 0 aromatic heterocycles. The van der Waals surface area contributed by atoms with Crippen LogP contribution in [0.15, 0.2) is 24.3 Å². The second kappa shape index (κ2) is 5.44. The largest absolute Gasteiger partial charge is 0.545 e. The summed E-state index contributed by atoms with van der Waals surface area (Å²) in [6, 6.07) is 2.66. The van der Waals surface area contributed by atoms with E-state index in [4.69, 9.17) is 0 Å². The van der Waals surface area contributed by atoms with Gasteiger partial charge in [0.05, 0.1) is 22.1 Å². The van der Waals surface area contributed by atoms with Crippen LogP contribution in [0.3, 0.4) is 0 Å². The van der Waals surface area contributed by atoms with Crippen molar-refractivity contribution in [3.63, 3.8) is 0 Å². The molecule has 0 spiro atoms. The summed E-state index contributed by atoms with van der Waals surface area (Å²) in [5.41, 5.74) is 0.822. The van der Waals surface area contributed by atoms with Crippen LogP contribution in [0.2, 0.25) is 0 Å².